The number of hydrogen-bond acceptors (Lipinski definition) is 5. The van der Waals surface area contributed by atoms with E-state index in [1.54, 1.807) is 37.9 Å². The van der Waals surface area contributed by atoms with Crippen molar-refractivity contribution in [2.24, 2.45) is 4.99 Å². The minimum Gasteiger partial charge on any atom is -0.457 e. The van der Waals surface area contributed by atoms with E-state index in [4.69, 9.17) is 4.74 Å². The summed E-state index contributed by atoms with van der Waals surface area (Å²) in [5.41, 5.74) is 2.22. The number of nitrogens with one attached hydrogen (secondary N) is 1. The minimum absolute atomic E-state index is 0.223. The van der Waals surface area contributed by atoms with Gasteiger partial charge in [0, 0.05) is 44.8 Å². The molecule has 0 unspecified atom stereocenters. The van der Waals surface area contributed by atoms with Gasteiger partial charge >= 0.3 is 0 Å². The highest BCUT2D eigenvalue weighted by atomic mass is 16.5. The Bertz CT molecular complexity index is 939. The molecule has 1 aliphatic rings. The van der Waals surface area contributed by atoms with Crippen LogP contribution in [0.5, 0.6) is 5.75 Å². The summed E-state index contributed by atoms with van der Waals surface area (Å²) in [6, 6.07) is 3.36. The van der Waals surface area contributed by atoms with Gasteiger partial charge in [-0.15, -0.1) is 0 Å². The normalized spacial score (nSPS) is 16.3. The topological polar surface area (TPSA) is 81.4 Å². The fraction of sp³-hybridized carbons (Fsp3) is 0.238. The highest BCUT2D eigenvalue weighted by Gasteiger charge is 2.11. The molecule has 7 nitrogen and oxygen atoms in total. The van der Waals surface area contributed by atoms with Crippen LogP contribution in [0.15, 0.2) is 77.7 Å². The first-order valence-corrected chi connectivity index (χ1v) is 9.10. The van der Waals surface area contributed by atoms with Crippen LogP contribution in [0, 0.1) is 0 Å². The third-order valence-corrected chi connectivity index (χ3v) is 4.19. The lowest BCUT2D eigenvalue weighted by molar-refractivity contribution is 0.0947. The Morgan fingerprint density at radius 3 is 3.00 bits per heavy atom. The summed E-state index contributed by atoms with van der Waals surface area (Å²) in [4.78, 5) is 24.7. The number of ether oxygens (including phenoxy) is 1. The number of aliphatic imine (C=N–C) groups is 1. The molecule has 0 radical (unpaired) electrons. The molecule has 0 bridgehead atoms. The van der Waals surface area contributed by atoms with E-state index in [0.717, 1.165) is 24.3 Å². The molecule has 3 rings (SSSR count). The van der Waals surface area contributed by atoms with Gasteiger partial charge in [-0.3, -0.25) is 14.8 Å². The van der Waals surface area contributed by atoms with E-state index < -0.39 is 0 Å². The Labute approximate surface area is 164 Å². The van der Waals surface area contributed by atoms with Crippen LogP contribution < -0.4 is 10.1 Å². The molecular formula is C21H23N5O2. The lowest BCUT2D eigenvalue weighted by Gasteiger charge is -2.13. The molecule has 2 aromatic heterocycles. The molecule has 0 aromatic carbocycles. The number of carbonyl (C=O) groups excluding carboxylic acids is 1. The Morgan fingerprint density at radius 2 is 2.25 bits per heavy atom. The van der Waals surface area contributed by atoms with Crippen molar-refractivity contribution < 1.29 is 9.53 Å². The molecule has 1 aliphatic carbocycles. The smallest absolute Gasteiger partial charge is 0.270 e. The maximum absolute atomic E-state index is 12.3. The minimum atomic E-state index is -0.223. The SMILES string of the molecule is C/C=C1/C=C(Oc2ccnc(C(=O)NCCCn3ccnc3)c2)C=CC1=NC. The molecular weight excluding hydrogens is 354 g/mol. The van der Waals surface area contributed by atoms with E-state index in [1.165, 1.54) is 0 Å². The molecule has 1 amide bonds. The molecule has 28 heavy (non-hydrogen) atoms. The van der Waals surface area contributed by atoms with Crippen molar-refractivity contribution in [1.82, 2.24) is 19.9 Å². The maximum Gasteiger partial charge on any atom is 0.270 e. The predicted molar refractivity (Wildman–Crippen MR) is 108 cm³/mol. The van der Waals surface area contributed by atoms with Crippen molar-refractivity contribution in [2.75, 3.05) is 13.6 Å². The predicted octanol–water partition coefficient (Wildman–Crippen LogP) is 2.95. The number of hydrogen-bond donors (Lipinski definition) is 1. The molecule has 0 atom stereocenters. The van der Waals surface area contributed by atoms with Crippen molar-refractivity contribution in [3.63, 3.8) is 0 Å². The summed E-state index contributed by atoms with van der Waals surface area (Å²) in [6.07, 6.45) is 15.4. The number of amides is 1. The number of aromatic nitrogens is 3. The molecule has 2 heterocycles. The summed E-state index contributed by atoms with van der Waals surface area (Å²) < 4.78 is 7.86. The first kappa shape index (κ1) is 19.3. The van der Waals surface area contributed by atoms with Crippen LogP contribution in [0.2, 0.25) is 0 Å². The van der Waals surface area contributed by atoms with E-state index in [9.17, 15) is 4.79 Å². The van der Waals surface area contributed by atoms with Crippen LogP contribution in [0.3, 0.4) is 0 Å². The maximum atomic E-state index is 12.3. The van der Waals surface area contributed by atoms with Gasteiger partial charge in [0.1, 0.15) is 17.2 Å². The second-order valence-corrected chi connectivity index (χ2v) is 6.12. The lowest BCUT2D eigenvalue weighted by Crippen LogP contribution is -2.26. The third kappa shape index (κ3) is 5.03. The van der Waals surface area contributed by atoms with Crippen molar-refractivity contribution in [3.8, 4) is 5.75 Å². The van der Waals surface area contributed by atoms with E-state index in [2.05, 4.69) is 20.3 Å². The largest absolute Gasteiger partial charge is 0.457 e. The molecule has 0 saturated carbocycles. The molecule has 2 aromatic rings. The fourth-order valence-electron chi connectivity index (χ4n) is 2.74. The summed E-state index contributed by atoms with van der Waals surface area (Å²) in [5.74, 6) is 1.01. The Hall–Kier alpha value is -3.48. The number of aryl methyl sites for hydroxylation is 1. The van der Waals surface area contributed by atoms with E-state index in [0.29, 0.717) is 23.7 Å². The summed E-state index contributed by atoms with van der Waals surface area (Å²) in [7, 11) is 1.76. The van der Waals surface area contributed by atoms with Crippen molar-refractivity contribution >= 4 is 11.6 Å². The Balaban J connectivity index is 1.57. The second-order valence-electron chi connectivity index (χ2n) is 6.12. The van der Waals surface area contributed by atoms with Gasteiger partial charge in [0.15, 0.2) is 0 Å². The zero-order chi connectivity index (χ0) is 19.8. The number of allylic oxidation sites excluding steroid dienone is 5. The monoisotopic (exact) mass is 377 g/mol. The molecule has 0 saturated heterocycles. The number of imidazole rings is 1. The summed E-state index contributed by atoms with van der Waals surface area (Å²) in [6.45, 7) is 3.31. The van der Waals surface area contributed by atoms with Crippen molar-refractivity contribution in [2.45, 2.75) is 19.9 Å². The lowest BCUT2D eigenvalue weighted by atomic mass is 10.0. The van der Waals surface area contributed by atoms with Gasteiger partial charge in [-0.05, 0) is 43.2 Å². The van der Waals surface area contributed by atoms with Crippen LogP contribution in [-0.2, 0) is 6.54 Å². The molecule has 144 valence electrons. The first-order valence-electron chi connectivity index (χ1n) is 9.10. The third-order valence-electron chi connectivity index (χ3n) is 4.19. The van der Waals surface area contributed by atoms with Gasteiger partial charge in [0.05, 0.1) is 12.0 Å². The molecule has 0 fully saturated rings. The standard InChI is InChI=1S/C21H23N5O2/c1-3-16-13-17(5-6-19(16)22-2)28-18-7-9-24-20(14-18)21(27)25-8-4-11-26-12-10-23-15-26/h3,5-7,9-10,12-15H,4,8,11H2,1-2H3,(H,25,27)/b16-3-,22-19?. The zero-order valence-electron chi connectivity index (χ0n) is 16.0. The number of nitrogens with zero attached hydrogens (tertiary/aromatic N) is 4. The quantitative estimate of drug-likeness (QED) is 0.752. The van der Waals surface area contributed by atoms with Gasteiger partial charge < -0.3 is 14.6 Å². The second kappa shape index (κ2) is 9.45. The van der Waals surface area contributed by atoms with Gasteiger partial charge in [-0.1, -0.05) is 6.08 Å². The van der Waals surface area contributed by atoms with Gasteiger partial charge in [0.2, 0.25) is 0 Å². The fourth-order valence-corrected chi connectivity index (χ4v) is 2.74. The first-order chi connectivity index (χ1) is 13.7. The molecule has 0 aliphatic heterocycles. The molecule has 0 spiro atoms. The Kier molecular flexibility index (Phi) is 6.51. The zero-order valence-corrected chi connectivity index (χ0v) is 16.0. The number of pyridine rings is 1. The number of rotatable bonds is 7. The van der Waals surface area contributed by atoms with Crippen molar-refractivity contribution in [1.29, 1.82) is 0 Å². The van der Waals surface area contributed by atoms with Crippen molar-refractivity contribution in [3.05, 3.63) is 78.4 Å². The van der Waals surface area contributed by atoms with Gasteiger partial charge in [-0.25, -0.2) is 4.98 Å². The average Bonchev–Trinajstić information content (AvgIpc) is 3.24. The van der Waals surface area contributed by atoms with Crippen LogP contribution in [-0.4, -0.2) is 39.7 Å². The van der Waals surface area contributed by atoms with Crippen LogP contribution in [0.1, 0.15) is 23.8 Å². The summed E-state index contributed by atoms with van der Waals surface area (Å²) >= 11 is 0. The highest BCUT2D eigenvalue weighted by Crippen LogP contribution is 2.20. The average molecular weight is 377 g/mol. The summed E-state index contributed by atoms with van der Waals surface area (Å²) in [5, 5.41) is 2.88. The van der Waals surface area contributed by atoms with Crippen LogP contribution >= 0.6 is 0 Å². The van der Waals surface area contributed by atoms with Crippen LogP contribution in [0.25, 0.3) is 0 Å². The van der Waals surface area contributed by atoms with Crippen LogP contribution in [0.4, 0.5) is 0 Å². The van der Waals surface area contributed by atoms with E-state index in [1.807, 2.05) is 42.0 Å². The highest BCUT2D eigenvalue weighted by molar-refractivity contribution is 6.11. The van der Waals surface area contributed by atoms with E-state index >= 15 is 0 Å². The Morgan fingerprint density at radius 1 is 1.36 bits per heavy atom. The van der Waals surface area contributed by atoms with Gasteiger partial charge in [0.25, 0.3) is 5.91 Å². The molecule has 1 N–H and O–H groups in total. The van der Waals surface area contributed by atoms with Gasteiger partial charge in [-0.2, -0.15) is 0 Å². The van der Waals surface area contributed by atoms with E-state index in [-0.39, 0.29) is 5.91 Å². The molecule has 7 heteroatoms. The number of carbonyl (C=O) groups is 1.